The van der Waals surface area contributed by atoms with Crippen molar-refractivity contribution in [3.63, 3.8) is 0 Å². The van der Waals surface area contributed by atoms with Crippen LogP contribution in [0.1, 0.15) is 23.7 Å². The highest BCUT2D eigenvalue weighted by molar-refractivity contribution is 6.42. The van der Waals surface area contributed by atoms with Crippen LogP contribution in [0.3, 0.4) is 0 Å². The zero-order valence-electron chi connectivity index (χ0n) is 13.5. The lowest BCUT2D eigenvalue weighted by atomic mass is 10.1. The minimum absolute atomic E-state index is 0.261. The molecule has 0 aliphatic heterocycles. The topological polar surface area (TPSA) is 55.8 Å². The molecule has 0 aliphatic rings. The number of halogens is 4. The van der Waals surface area contributed by atoms with Crippen molar-refractivity contribution in [1.29, 1.82) is 0 Å². The van der Waals surface area contributed by atoms with Crippen molar-refractivity contribution in [2.75, 3.05) is 6.61 Å². The molecule has 2 rings (SSSR count). The molecular formula is C18H16Cl2F2O4. The van der Waals surface area contributed by atoms with E-state index in [0.717, 1.165) is 5.56 Å². The van der Waals surface area contributed by atoms with E-state index in [-0.39, 0.29) is 6.61 Å². The van der Waals surface area contributed by atoms with Gasteiger partial charge in [0, 0.05) is 0 Å². The number of aliphatic carboxylic acids is 1. The summed E-state index contributed by atoms with van der Waals surface area (Å²) in [6.07, 6.45) is -4.03. The number of carboxylic acids is 1. The molecule has 0 amide bonds. The third kappa shape index (κ3) is 6.44. The van der Waals surface area contributed by atoms with E-state index in [1.165, 1.54) is 0 Å². The van der Waals surface area contributed by atoms with Gasteiger partial charge in [-0.25, -0.2) is 8.78 Å². The molecule has 2 aromatic carbocycles. The second-order valence-corrected chi connectivity index (χ2v) is 6.23. The van der Waals surface area contributed by atoms with E-state index < -0.39 is 31.5 Å². The molecule has 8 heteroatoms. The number of ether oxygens (including phenoxy) is 2. The highest BCUT2D eigenvalue weighted by Gasteiger charge is 2.18. The molecule has 0 aliphatic carbocycles. The lowest BCUT2D eigenvalue weighted by Gasteiger charge is -2.17. The molecule has 1 unspecified atom stereocenters. The molecule has 4 nitrogen and oxygen atoms in total. The molecule has 0 fully saturated rings. The Morgan fingerprint density at radius 3 is 2.35 bits per heavy atom. The predicted molar refractivity (Wildman–Crippen MR) is 94.2 cm³/mol. The van der Waals surface area contributed by atoms with E-state index in [9.17, 15) is 13.6 Å². The van der Waals surface area contributed by atoms with E-state index in [0.29, 0.717) is 21.4 Å². The molecule has 0 heterocycles. The molecule has 1 N–H and O–H groups in total. The van der Waals surface area contributed by atoms with Crippen molar-refractivity contribution in [3.8, 4) is 5.75 Å². The van der Waals surface area contributed by atoms with Crippen molar-refractivity contribution in [1.82, 2.24) is 0 Å². The van der Waals surface area contributed by atoms with E-state index in [4.69, 9.17) is 37.8 Å². The average Bonchev–Trinajstić information content (AvgIpc) is 2.60. The SMILES string of the molecule is O=C(O)CC(OCC(F)F)c1ccc(OCc2ccc(Cl)c(Cl)c2)cc1. The Hall–Kier alpha value is -1.89. The van der Waals surface area contributed by atoms with Crippen LogP contribution in [-0.4, -0.2) is 24.1 Å². The van der Waals surface area contributed by atoms with Crippen molar-refractivity contribution in [3.05, 3.63) is 63.6 Å². The van der Waals surface area contributed by atoms with Gasteiger partial charge in [-0.05, 0) is 35.4 Å². The van der Waals surface area contributed by atoms with Crippen LogP contribution in [0.2, 0.25) is 10.0 Å². The fourth-order valence-corrected chi connectivity index (χ4v) is 2.52. The summed E-state index contributed by atoms with van der Waals surface area (Å²) < 4.78 is 35.3. The standard InChI is InChI=1S/C18H16Cl2F2O4/c19-14-6-1-11(7-15(14)20)9-25-13-4-2-12(3-5-13)16(8-18(23)24)26-10-17(21)22/h1-7,16-17H,8-10H2,(H,23,24). The molecule has 0 saturated carbocycles. The number of hydrogen-bond acceptors (Lipinski definition) is 3. The highest BCUT2D eigenvalue weighted by atomic mass is 35.5. The Morgan fingerprint density at radius 2 is 1.77 bits per heavy atom. The van der Waals surface area contributed by atoms with Gasteiger partial charge in [-0.3, -0.25) is 4.79 Å². The maximum absolute atomic E-state index is 12.3. The van der Waals surface area contributed by atoms with Crippen LogP contribution < -0.4 is 4.74 Å². The zero-order chi connectivity index (χ0) is 19.1. The van der Waals surface area contributed by atoms with Crippen molar-refractivity contribution >= 4 is 29.2 Å². The Balaban J connectivity index is 2.00. The minimum atomic E-state index is -2.67. The van der Waals surface area contributed by atoms with Crippen molar-refractivity contribution in [2.24, 2.45) is 0 Å². The van der Waals surface area contributed by atoms with E-state index >= 15 is 0 Å². The van der Waals surface area contributed by atoms with Gasteiger partial charge in [0.25, 0.3) is 6.43 Å². The molecule has 0 spiro atoms. The fourth-order valence-electron chi connectivity index (χ4n) is 2.20. The van der Waals surface area contributed by atoms with Crippen LogP contribution in [0.4, 0.5) is 8.78 Å². The molecule has 0 saturated heterocycles. The van der Waals surface area contributed by atoms with E-state index in [1.54, 1.807) is 42.5 Å². The summed E-state index contributed by atoms with van der Waals surface area (Å²) in [5, 5.41) is 9.78. The van der Waals surface area contributed by atoms with Gasteiger partial charge in [-0.1, -0.05) is 41.4 Å². The van der Waals surface area contributed by atoms with Crippen LogP contribution in [0, 0.1) is 0 Å². The normalized spacial score (nSPS) is 12.2. The summed E-state index contributed by atoms with van der Waals surface area (Å²) in [5.41, 5.74) is 1.31. The quantitative estimate of drug-likeness (QED) is 0.610. The van der Waals surface area contributed by atoms with Crippen LogP contribution in [0.25, 0.3) is 0 Å². The number of carboxylic acid groups (broad SMARTS) is 1. The molecule has 0 bridgehead atoms. The van der Waals surface area contributed by atoms with Crippen molar-refractivity contribution < 1.29 is 28.2 Å². The number of carbonyl (C=O) groups is 1. The summed E-state index contributed by atoms with van der Waals surface area (Å²) in [7, 11) is 0. The van der Waals surface area contributed by atoms with Crippen LogP contribution in [0.5, 0.6) is 5.75 Å². The molecular weight excluding hydrogens is 389 g/mol. The second kappa shape index (κ2) is 9.71. The first-order valence-corrected chi connectivity index (χ1v) is 8.39. The second-order valence-electron chi connectivity index (χ2n) is 5.42. The number of alkyl halides is 2. The largest absolute Gasteiger partial charge is 0.489 e. The Bertz CT molecular complexity index is 738. The summed E-state index contributed by atoms with van der Waals surface area (Å²) >= 11 is 11.8. The first kappa shape index (κ1) is 20.4. The molecule has 0 radical (unpaired) electrons. The Kier molecular flexibility index (Phi) is 7.63. The van der Waals surface area contributed by atoms with E-state index in [1.807, 2.05) is 0 Å². The highest BCUT2D eigenvalue weighted by Crippen LogP contribution is 2.26. The molecule has 140 valence electrons. The Labute approximate surface area is 159 Å². The molecule has 26 heavy (non-hydrogen) atoms. The van der Waals surface area contributed by atoms with Gasteiger partial charge in [0.15, 0.2) is 0 Å². The summed E-state index contributed by atoms with van der Waals surface area (Å²) in [6.45, 7) is -0.565. The zero-order valence-corrected chi connectivity index (χ0v) is 15.0. The maximum atomic E-state index is 12.3. The lowest BCUT2D eigenvalue weighted by Crippen LogP contribution is -2.14. The van der Waals surface area contributed by atoms with Gasteiger partial charge in [-0.15, -0.1) is 0 Å². The van der Waals surface area contributed by atoms with Crippen LogP contribution in [0.15, 0.2) is 42.5 Å². The first-order valence-electron chi connectivity index (χ1n) is 7.63. The first-order chi connectivity index (χ1) is 12.3. The number of rotatable bonds is 9. The van der Waals surface area contributed by atoms with Crippen LogP contribution >= 0.6 is 23.2 Å². The molecule has 2 aromatic rings. The molecule has 1 atom stereocenters. The summed E-state index contributed by atoms with van der Waals surface area (Å²) in [4.78, 5) is 10.9. The van der Waals surface area contributed by atoms with Gasteiger partial charge in [0.2, 0.25) is 0 Å². The Morgan fingerprint density at radius 1 is 1.08 bits per heavy atom. The maximum Gasteiger partial charge on any atom is 0.306 e. The third-order valence-electron chi connectivity index (χ3n) is 3.42. The minimum Gasteiger partial charge on any atom is -0.489 e. The summed E-state index contributed by atoms with van der Waals surface area (Å²) in [6, 6.07) is 11.6. The number of hydrogen-bond donors (Lipinski definition) is 1. The lowest BCUT2D eigenvalue weighted by molar-refractivity contribution is -0.141. The van der Waals surface area contributed by atoms with E-state index in [2.05, 4.69) is 0 Å². The van der Waals surface area contributed by atoms with Gasteiger partial charge in [0.05, 0.1) is 22.6 Å². The average molecular weight is 405 g/mol. The smallest absolute Gasteiger partial charge is 0.306 e. The number of benzene rings is 2. The predicted octanol–water partition coefficient (Wildman–Crippen LogP) is 5.37. The van der Waals surface area contributed by atoms with Gasteiger partial charge in [0.1, 0.15) is 19.0 Å². The van der Waals surface area contributed by atoms with Gasteiger partial charge >= 0.3 is 5.97 Å². The fraction of sp³-hybridized carbons (Fsp3) is 0.278. The summed E-state index contributed by atoms with van der Waals surface area (Å²) in [5.74, 6) is -0.605. The van der Waals surface area contributed by atoms with Gasteiger partial charge < -0.3 is 14.6 Å². The molecule has 0 aromatic heterocycles. The third-order valence-corrected chi connectivity index (χ3v) is 4.16. The van der Waals surface area contributed by atoms with Gasteiger partial charge in [-0.2, -0.15) is 0 Å². The van der Waals surface area contributed by atoms with Crippen LogP contribution in [-0.2, 0) is 16.1 Å². The monoisotopic (exact) mass is 404 g/mol. The van der Waals surface area contributed by atoms with Crippen molar-refractivity contribution in [2.45, 2.75) is 25.6 Å².